The molecule has 0 aliphatic carbocycles. The summed E-state index contributed by atoms with van der Waals surface area (Å²) in [4.78, 5) is 103. The highest BCUT2D eigenvalue weighted by Gasteiger charge is 2.20. The van der Waals surface area contributed by atoms with E-state index in [9.17, 15) is 14.4 Å². The van der Waals surface area contributed by atoms with Crippen LogP contribution >= 0.6 is 63.7 Å². The maximum Gasteiger partial charge on any atom is 0.337 e. The average Bonchev–Trinajstić information content (AvgIpc) is 1.81. The summed E-state index contributed by atoms with van der Waals surface area (Å²) in [6.07, 6.45) is 36.6. The van der Waals surface area contributed by atoms with Gasteiger partial charge in [-0.2, -0.15) is 10.2 Å². The zero-order valence-electron chi connectivity index (χ0n) is 61.0. The van der Waals surface area contributed by atoms with Crippen molar-refractivity contribution in [2.24, 2.45) is 0 Å². The van der Waals surface area contributed by atoms with E-state index < -0.39 is 5.91 Å². The first-order valence-corrected chi connectivity index (χ1v) is 37.1. The second-order valence-electron chi connectivity index (χ2n) is 23.4. The molecule has 0 saturated carbocycles. The van der Waals surface area contributed by atoms with Crippen LogP contribution in [-0.2, 0) is 29.1 Å². The van der Waals surface area contributed by atoms with E-state index in [-0.39, 0.29) is 19.4 Å². The molecule has 0 saturated heterocycles. The van der Waals surface area contributed by atoms with Crippen molar-refractivity contribution in [3.05, 3.63) is 333 Å². The van der Waals surface area contributed by atoms with Crippen LogP contribution in [0.25, 0.3) is 22.3 Å². The number of amides is 1. The van der Waals surface area contributed by atoms with Crippen molar-refractivity contribution in [3.63, 3.8) is 0 Å². The van der Waals surface area contributed by atoms with Gasteiger partial charge in [0.2, 0.25) is 0 Å². The summed E-state index contributed by atoms with van der Waals surface area (Å²) < 4.78 is 13.3. The number of ether oxygens (including phenoxy) is 2. The Labute approximate surface area is 694 Å². The van der Waals surface area contributed by atoms with Crippen LogP contribution in [0.2, 0.25) is 0 Å². The molecule has 0 atom stereocenters. The fraction of sp³-hybridized carbons (Fsp3) is 0.100. The fourth-order valence-electron chi connectivity index (χ4n) is 10.2. The quantitative estimate of drug-likeness (QED) is 0.0189. The van der Waals surface area contributed by atoms with Crippen LogP contribution < -0.4 is 31.2 Å². The van der Waals surface area contributed by atoms with Gasteiger partial charge < -0.3 is 35.2 Å². The molecule has 35 heteroatoms. The lowest BCUT2D eigenvalue weighted by Crippen LogP contribution is -2.20. The lowest BCUT2D eigenvalue weighted by molar-refractivity contribution is 0.0592. The number of esters is 2. The van der Waals surface area contributed by atoms with Crippen molar-refractivity contribution in [1.82, 2.24) is 101 Å². The van der Waals surface area contributed by atoms with Crippen LogP contribution in [0.5, 0.6) is 0 Å². The normalized spacial score (nSPS) is 10.1. The third-order valence-electron chi connectivity index (χ3n) is 15.7. The van der Waals surface area contributed by atoms with Crippen LogP contribution in [0.15, 0.2) is 288 Å². The number of H-pyrrole nitrogens is 2. The second kappa shape index (κ2) is 44.5. The fourth-order valence-corrected chi connectivity index (χ4v) is 11.8. The summed E-state index contributed by atoms with van der Waals surface area (Å²) in [6, 6.07) is 40.6. The maximum atomic E-state index is 11.7. The Morgan fingerprint density at radius 2 is 0.765 bits per heavy atom. The van der Waals surface area contributed by atoms with Gasteiger partial charge in [-0.25, -0.2) is 64.9 Å². The number of nitrogens with two attached hydrogens (primary N) is 1. The summed E-state index contributed by atoms with van der Waals surface area (Å²) in [5.41, 5.74) is 17.1. The summed E-state index contributed by atoms with van der Waals surface area (Å²) in [5, 5.41) is 25.9. The maximum absolute atomic E-state index is 11.7. The first-order valence-electron chi connectivity index (χ1n) is 34.0. The number of carbonyl (C=O) groups excluding carboxylic acids is 3. The molecule has 12 heterocycles. The molecule has 0 radical (unpaired) electrons. The highest BCUT2D eigenvalue weighted by atomic mass is 79.9. The van der Waals surface area contributed by atoms with Crippen molar-refractivity contribution in [2.45, 2.75) is 40.9 Å². The number of nitrogen functional groups attached to an aromatic ring is 1. The smallest absolute Gasteiger partial charge is 0.337 e. The average molecular weight is 1800 g/mol. The molecule has 31 nitrogen and oxygen atoms in total. The van der Waals surface area contributed by atoms with Gasteiger partial charge in [-0.15, -0.1) is 0 Å². The van der Waals surface area contributed by atoms with Gasteiger partial charge in [-0.05, 0) is 155 Å². The highest BCUT2D eigenvalue weighted by molar-refractivity contribution is 9.11. The zero-order valence-corrected chi connectivity index (χ0v) is 67.4. The topological polar surface area (TPSA) is 400 Å². The molecule has 1 amide bonds. The number of hydrogen-bond acceptors (Lipinski definition) is 28. The van der Waals surface area contributed by atoms with E-state index in [1.165, 1.54) is 20.4 Å². The van der Waals surface area contributed by atoms with Crippen molar-refractivity contribution in [1.29, 1.82) is 0 Å². The number of rotatable bonds is 19. The first-order chi connectivity index (χ1) is 55.5. The molecule has 7 N–H and O–H groups in total. The van der Waals surface area contributed by atoms with E-state index >= 15 is 0 Å². The van der Waals surface area contributed by atoms with Gasteiger partial charge in [0.15, 0.2) is 17.5 Å². The van der Waals surface area contributed by atoms with Crippen molar-refractivity contribution in [3.8, 4) is 22.3 Å². The number of nitrogens with zero attached hydrogens (tertiary/aromatic N) is 20. The second-order valence-corrected chi connectivity index (χ2v) is 27.0. The number of hydroxylamine groups is 1. The van der Waals surface area contributed by atoms with Crippen LogP contribution in [-0.4, -0.2) is 132 Å². The molecule has 0 bridgehead atoms. The van der Waals surface area contributed by atoms with Crippen molar-refractivity contribution >= 4 is 134 Å². The van der Waals surface area contributed by atoms with E-state index in [4.69, 9.17) is 20.4 Å². The number of aryl methyl sites for hydroxylation is 2. The van der Waals surface area contributed by atoms with Gasteiger partial charge in [0.1, 0.15) is 39.5 Å². The number of aromatic nitrogens is 19. The Hall–Kier alpha value is -13.5. The van der Waals surface area contributed by atoms with E-state index in [2.05, 4.69) is 164 Å². The minimum atomic E-state index is -0.558. The monoisotopic (exact) mass is 1800 g/mol. The molecule has 0 unspecified atom stereocenters. The number of carbonyl (C=O) groups is 3. The summed E-state index contributed by atoms with van der Waals surface area (Å²) in [6.45, 7) is 5.43. The molecule has 12 aromatic heterocycles. The lowest BCUT2D eigenvalue weighted by atomic mass is 10.1. The largest absolute Gasteiger partial charge is 0.465 e. The molecule has 0 fully saturated rings. The summed E-state index contributed by atoms with van der Waals surface area (Å²) >= 11 is 13.3. The zero-order chi connectivity index (χ0) is 80.4. The van der Waals surface area contributed by atoms with Gasteiger partial charge in [-0.3, -0.25) is 45.1 Å². The molecule has 3 aromatic carbocycles. The molecule has 115 heavy (non-hydrogen) atoms. The predicted molar refractivity (Wildman–Crippen MR) is 450 cm³/mol. The lowest BCUT2D eigenvalue weighted by Gasteiger charge is -2.23. The first kappa shape index (κ1) is 85.5. The summed E-state index contributed by atoms with van der Waals surface area (Å²) in [7, 11) is 2.73. The van der Waals surface area contributed by atoms with Gasteiger partial charge in [0.05, 0.1) is 88.4 Å². The Balaban J connectivity index is 0.000000168. The molecule has 0 aliphatic rings. The Kier molecular flexibility index (Phi) is 33.1. The highest BCUT2D eigenvalue weighted by Crippen LogP contribution is 2.32. The molecule has 0 aliphatic heterocycles. The number of anilines is 9. The van der Waals surface area contributed by atoms with E-state index in [1.54, 1.807) is 172 Å². The predicted octanol–water partition coefficient (Wildman–Crippen LogP) is 16.2. The van der Waals surface area contributed by atoms with Gasteiger partial charge >= 0.3 is 11.9 Å². The number of halogens is 4. The number of pyridine rings is 5. The van der Waals surface area contributed by atoms with Crippen LogP contribution in [0.3, 0.4) is 0 Å². The van der Waals surface area contributed by atoms with Crippen LogP contribution in [0, 0.1) is 13.8 Å². The van der Waals surface area contributed by atoms with Crippen LogP contribution in [0.1, 0.15) is 66.6 Å². The Morgan fingerprint density at radius 3 is 1.10 bits per heavy atom. The molecule has 15 aromatic rings. The minimum Gasteiger partial charge on any atom is -0.465 e. The van der Waals surface area contributed by atoms with Gasteiger partial charge in [0.25, 0.3) is 5.91 Å². The van der Waals surface area contributed by atoms with E-state index in [0.717, 1.165) is 85.8 Å². The van der Waals surface area contributed by atoms with Gasteiger partial charge in [-0.1, -0.05) is 91.6 Å². The molecule has 15 rings (SSSR count). The standard InChI is InChI=1S/C22H20N6O2.C21H19N7O2.C18H15BrN4O2.C9H7BrN4.C5H3Br2N.C4H5N3.CH4/c1-15-19(12-26-27-15)18-7-8-24-20(11-18)28(21-13-23-9-10-25-21)14-16-3-5-17(6-4-16)22(29)30-2;1-14-18(11-25-26-14)17-6-7-23-19(10-17)28(20-12-22-8-9-24-20)13-15-2-4-16(5-3-15)21(29)27-30;1-25-18(24)14-4-2-13(3-5-14)12-23(17-11-20-8-9-22-17)16-10-15(19)6-7-21-16;10-7-1-2-12-8(5-7)14-9-6-11-3-4-13-9;6-4-1-2-8-5(7)3-4;5-4-3-6-1-2-7-4;/h3-13H,14H2,1-2H3,(H,26,27);2-12,30H,13H2,1H3,(H,25,26)(H,27,29);2-11H,12H2,1H3;1-6H,(H,12,13,14);1-3H;1-3H,(H2,5,7);1H4. The number of nitrogens with one attached hydrogen (secondary N) is 4. The van der Waals surface area contributed by atoms with Gasteiger partial charge in [0, 0.05) is 134 Å². The minimum absolute atomic E-state index is 0. The SMILES string of the molecule is Brc1ccnc(Br)c1.Brc1ccnc(Nc2cnccn2)c1.C.COC(=O)c1ccc(CN(c2cnccn2)c2cc(-c3cn[nH]c3C)ccn2)cc1.COC(=O)c1ccc(CN(c2cnccn2)c2cc(Br)ccn2)cc1.Cc1[nH]ncc1-c1ccnc(N(Cc2ccc(C(=O)NO)cc2)c2cnccn2)c1.Nc1cnccn1. The third kappa shape index (κ3) is 26.3. The van der Waals surface area contributed by atoms with E-state index in [1.807, 2.05) is 126 Å². The third-order valence-corrected chi connectivity index (χ3v) is 17.6. The van der Waals surface area contributed by atoms with Crippen molar-refractivity contribution < 1.29 is 29.1 Å². The number of benzene rings is 3. The Bertz CT molecular complexity index is 5290. The van der Waals surface area contributed by atoms with Crippen LogP contribution in [0.4, 0.5) is 52.4 Å². The molecule has 0 spiro atoms. The molecular weight excluding hydrogens is 1730 g/mol. The van der Waals surface area contributed by atoms with E-state index in [0.29, 0.717) is 71.2 Å². The Morgan fingerprint density at radius 1 is 0.400 bits per heavy atom. The van der Waals surface area contributed by atoms with Crippen molar-refractivity contribution in [2.75, 3.05) is 40.0 Å². The number of methoxy groups -OCH3 is 2. The number of aromatic amines is 2. The summed E-state index contributed by atoms with van der Waals surface area (Å²) in [5.74, 6) is 4.76. The molecule has 582 valence electrons. The number of hydrogen-bond donors (Lipinski definition) is 6. The molecular formula is C80H73Br4N25O6.